The second-order valence-corrected chi connectivity index (χ2v) is 5.20. The predicted octanol–water partition coefficient (Wildman–Crippen LogP) is 3.01. The van der Waals surface area contributed by atoms with Gasteiger partial charge >= 0.3 is 0 Å². The maximum Gasteiger partial charge on any atom is 0.255 e. The van der Waals surface area contributed by atoms with E-state index in [1.165, 1.54) is 0 Å². The molecule has 3 aromatic rings. The Bertz CT molecular complexity index is 803. The van der Waals surface area contributed by atoms with E-state index in [1.54, 1.807) is 6.26 Å². The Morgan fingerprint density at radius 2 is 1.92 bits per heavy atom. The number of hydrogen-bond acceptors (Lipinski definition) is 4. The Kier molecular flexibility index (Phi) is 6.23. The van der Waals surface area contributed by atoms with Gasteiger partial charge in [0, 0.05) is 12.1 Å². The van der Waals surface area contributed by atoms with Crippen molar-refractivity contribution in [3.05, 3.63) is 66.1 Å². The monoisotopic (exact) mass is 346 g/mol. The van der Waals surface area contributed by atoms with Gasteiger partial charge in [0.1, 0.15) is 11.5 Å². The lowest BCUT2D eigenvalue weighted by Gasteiger charge is -2.14. The molecule has 0 radical (unpaired) electrons. The molecule has 0 saturated carbocycles. The largest absolute Gasteiger partial charge is 0.483 e. The van der Waals surface area contributed by atoms with Crippen LogP contribution in [0.4, 0.5) is 0 Å². The maximum absolute atomic E-state index is 11.0. The number of nitrogens with one attached hydrogen (secondary N) is 1. The predicted molar refractivity (Wildman–Crippen MR) is 95.1 cm³/mol. The van der Waals surface area contributed by atoms with Crippen LogP contribution < -0.4 is 15.8 Å². The summed E-state index contributed by atoms with van der Waals surface area (Å²) < 4.78 is 10.9. The van der Waals surface area contributed by atoms with Crippen LogP contribution in [0.25, 0.3) is 10.8 Å². The third-order valence-electron chi connectivity index (χ3n) is 3.55. The molecule has 0 aliphatic carbocycles. The normalized spacial score (nSPS) is 10.3. The van der Waals surface area contributed by atoms with Crippen LogP contribution in [0.2, 0.25) is 0 Å². The van der Waals surface area contributed by atoms with Gasteiger partial charge in [-0.1, -0.05) is 30.3 Å². The van der Waals surface area contributed by atoms with E-state index in [0.717, 1.165) is 22.1 Å². The second kappa shape index (κ2) is 8.38. The van der Waals surface area contributed by atoms with E-state index in [9.17, 15) is 4.79 Å². The average Bonchev–Trinajstić information content (AvgIpc) is 3.07. The Labute approximate surface area is 146 Å². The molecule has 126 valence electrons. The molecule has 0 bridgehead atoms. The zero-order chi connectivity index (χ0) is 16.1. The highest BCUT2D eigenvalue weighted by Crippen LogP contribution is 2.28. The summed E-state index contributed by atoms with van der Waals surface area (Å²) in [5.41, 5.74) is 6.17. The number of benzene rings is 2. The number of carbonyl (C=O) groups excluding carboxylic acids is 1. The standard InChI is InChI=1S/C18H18N2O3.ClH/c19-18(21)12-23-17-8-7-13-4-1-2-6-15(13)16(17)11-20-10-14-5-3-9-22-14;/h1-9,20H,10-12H2,(H2,19,21);1H. The summed E-state index contributed by atoms with van der Waals surface area (Å²) in [7, 11) is 0. The minimum atomic E-state index is -0.493. The van der Waals surface area contributed by atoms with Crippen LogP contribution in [-0.4, -0.2) is 12.5 Å². The Balaban J connectivity index is 0.00000208. The highest BCUT2D eigenvalue weighted by molar-refractivity contribution is 5.88. The zero-order valence-corrected chi connectivity index (χ0v) is 13.8. The van der Waals surface area contributed by atoms with Crippen LogP contribution in [0.1, 0.15) is 11.3 Å². The fourth-order valence-electron chi connectivity index (χ4n) is 2.51. The molecule has 0 aliphatic heterocycles. The minimum Gasteiger partial charge on any atom is -0.483 e. The molecule has 3 rings (SSSR count). The first-order valence-corrected chi connectivity index (χ1v) is 7.39. The second-order valence-electron chi connectivity index (χ2n) is 5.20. The summed E-state index contributed by atoms with van der Waals surface area (Å²) in [6.07, 6.45) is 1.65. The highest BCUT2D eigenvalue weighted by Gasteiger charge is 2.10. The van der Waals surface area contributed by atoms with Gasteiger partial charge in [-0.2, -0.15) is 0 Å². The molecule has 0 atom stereocenters. The van der Waals surface area contributed by atoms with Gasteiger partial charge in [0.15, 0.2) is 6.61 Å². The molecule has 5 nitrogen and oxygen atoms in total. The van der Waals surface area contributed by atoms with Crippen molar-refractivity contribution in [2.75, 3.05) is 6.61 Å². The number of carbonyl (C=O) groups is 1. The topological polar surface area (TPSA) is 77.5 Å². The lowest BCUT2D eigenvalue weighted by molar-refractivity contribution is -0.119. The number of hydrogen-bond donors (Lipinski definition) is 2. The smallest absolute Gasteiger partial charge is 0.255 e. The number of fused-ring (bicyclic) bond motifs is 1. The fourth-order valence-corrected chi connectivity index (χ4v) is 2.51. The summed E-state index contributed by atoms with van der Waals surface area (Å²) in [5.74, 6) is 1.03. The number of furan rings is 1. The van der Waals surface area contributed by atoms with E-state index in [2.05, 4.69) is 5.32 Å². The molecule has 2 aromatic carbocycles. The van der Waals surface area contributed by atoms with Crippen LogP contribution >= 0.6 is 12.4 Å². The van der Waals surface area contributed by atoms with E-state index >= 15 is 0 Å². The molecule has 1 heterocycles. The number of halogens is 1. The van der Waals surface area contributed by atoms with Gasteiger partial charge in [0.2, 0.25) is 0 Å². The van der Waals surface area contributed by atoms with Gasteiger partial charge in [-0.3, -0.25) is 4.79 Å². The number of rotatable bonds is 7. The molecule has 1 aromatic heterocycles. The first kappa shape index (κ1) is 17.8. The van der Waals surface area contributed by atoms with Gasteiger partial charge in [-0.25, -0.2) is 0 Å². The van der Waals surface area contributed by atoms with Gasteiger partial charge in [-0.05, 0) is 29.0 Å². The van der Waals surface area contributed by atoms with Crippen molar-refractivity contribution in [1.82, 2.24) is 5.32 Å². The Hall–Kier alpha value is -2.50. The van der Waals surface area contributed by atoms with Crippen molar-refractivity contribution in [2.45, 2.75) is 13.1 Å². The van der Waals surface area contributed by atoms with E-state index in [1.807, 2.05) is 48.5 Å². The molecule has 3 N–H and O–H groups in total. The molecular formula is C18H19ClN2O3. The van der Waals surface area contributed by atoms with E-state index < -0.39 is 5.91 Å². The number of ether oxygens (including phenoxy) is 1. The van der Waals surface area contributed by atoms with Crippen molar-refractivity contribution < 1.29 is 13.9 Å². The van der Waals surface area contributed by atoms with E-state index in [0.29, 0.717) is 18.8 Å². The molecule has 24 heavy (non-hydrogen) atoms. The average molecular weight is 347 g/mol. The lowest BCUT2D eigenvalue weighted by atomic mass is 10.0. The lowest BCUT2D eigenvalue weighted by Crippen LogP contribution is -2.21. The number of amides is 1. The summed E-state index contributed by atoms with van der Waals surface area (Å²) >= 11 is 0. The molecule has 1 amide bonds. The van der Waals surface area contributed by atoms with Crippen LogP contribution in [0.3, 0.4) is 0 Å². The third kappa shape index (κ3) is 4.28. The number of primary amides is 1. The Morgan fingerprint density at radius 1 is 1.08 bits per heavy atom. The van der Waals surface area contributed by atoms with Crippen molar-refractivity contribution in [2.24, 2.45) is 5.73 Å². The van der Waals surface area contributed by atoms with Crippen molar-refractivity contribution in [1.29, 1.82) is 0 Å². The summed E-state index contributed by atoms with van der Waals surface area (Å²) in [6, 6.07) is 15.7. The third-order valence-corrected chi connectivity index (χ3v) is 3.55. The van der Waals surface area contributed by atoms with Gasteiger partial charge in [-0.15, -0.1) is 12.4 Å². The van der Waals surface area contributed by atoms with Crippen LogP contribution in [0, 0.1) is 0 Å². The molecule has 0 unspecified atom stereocenters. The maximum atomic E-state index is 11.0. The first-order valence-electron chi connectivity index (χ1n) is 7.39. The molecule has 0 aliphatic rings. The fraction of sp³-hybridized carbons (Fsp3) is 0.167. The van der Waals surface area contributed by atoms with Crippen molar-refractivity contribution in [3.8, 4) is 5.75 Å². The van der Waals surface area contributed by atoms with Gasteiger partial charge in [0.05, 0.1) is 12.8 Å². The van der Waals surface area contributed by atoms with Crippen LogP contribution in [-0.2, 0) is 17.9 Å². The summed E-state index contributed by atoms with van der Waals surface area (Å²) in [5, 5.41) is 5.54. The van der Waals surface area contributed by atoms with Crippen LogP contribution in [0.15, 0.2) is 59.2 Å². The number of nitrogens with two attached hydrogens (primary N) is 1. The molecule has 0 saturated heterocycles. The molecule has 6 heteroatoms. The first-order chi connectivity index (χ1) is 11.2. The molecule has 0 spiro atoms. The summed E-state index contributed by atoms with van der Waals surface area (Å²) in [6.45, 7) is 1.07. The Morgan fingerprint density at radius 3 is 2.67 bits per heavy atom. The van der Waals surface area contributed by atoms with Crippen molar-refractivity contribution >= 4 is 29.1 Å². The SMILES string of the molecule is Cl.NC(=O)COc1ccc2ccccc2c1CNCc1ccco1. The van der Waals surface area contributed by atoms with Crippen LogP contribution in [0.5, 0.6) is 5.75 Å². The van der Waals surface area contributed by atoms with Gasteiger partial charge in [0.25, 0.3) is 5.91 Å². The molecular weight excluding hydrogens is 328 g/mol. The van der Waals surface area contributed by atoms with Crippen molar-refractivity contribution in [3.63, 3.8) is 0 Å². The minimum absolute atomic E-state index is 0. The van der Waals surface area contributed by atoms with E-state index in [4.69, 9.17) is 14.9 Å². The highest BCUT2D eigenvalue weighted by atomic mass is 35.5. The quantitative estimate of drug-likeness (QED) is 0.689. The summed E-state index contributed by atoms with van der Waals surface area (Å²) in [4.78, 5) is 11.0. The van der Waals surface area contributed by atoms with E-state index in [-0.39, 0.29) is 19.0 Å². The zero-order valence-electron chi connectivity index (χ0n) is 13.0. The molecule has 0 fully saturated rings. The van der Waals surface area contributed by atoms with Gasteiger partial charge < -0.3 is 20.2 Å².